The number of sulfonamides is 1. The molecule has 2 heterocycles. The lowest BCUT2D eigenvalue weighted by Gasteiger charge is -2.31. The predicted molar refractivity (Wildman–Crippen MR) is 141 cm³/mol. The molecule has 7 nitrogen and oxygen atoms in total. The molecule has 0 radical (unpaired) electrons. The van der Waals surface area contributed by atoms with Gasteiger partial charge in [-0.05, 0) is 80.5 Å². The third kappa shape index (κ3) is 6.23. The number of benzene rings is 2. The smallest absolute Gasteiger partial charge is 0.257 e. The van der Waals surface area contributed by atoms with Gasteiger partial charge in [-0.1, -0.05) is 19.1 Å². The van der Waals surface area contributed by atoms with Crippen LogP contribution in [0.1, 0.15) is 54.9 Å². The average molecular weight is 499 g/mol. The van der Waals surface area contributed by atoms with Crippen LogP contribution < -0.4 is 10.2 Å². The molecule has 4 rings (SSSR count). The van der Waals surface area contributed by atoms with E-state index >= 15 is 0 Å². The normalized spacial score (nSPS) is 19.7. The maximum Gasteiger partial charge on any atom is 0.257 e. The van der Waals surface area contributed by atoms with Crippen LogP contribution in [0.25, 0.3) is 0 Å². The highest BCUT2D eigenvalue weighted by Crippen LogP contribution is 2.29. The summed E-state index contributed by atoms with van der Waals surface area (Å²) in [6.45, 7) is 7.22. The van der Waals surface area contributed by atoms with Crippen molar-refractivity contribution in [2.75, 3.05) is 50.5 Å². The summed E-state index contributed by atoms with van der Waals surface area (Å²) < 4.78 is 26.7. The SMILES string of the molecule is CC1CCCN(Cc2ccc(NC(=O)c3cc(S(=O)(=O)N(C)C)ccc3N3CCCCC3)cc2)C1. The van der Waals surface area contributed by atoms with Crippen LogP contribution in [-0.2, 0) is 16.6 Å². The third-order valence-corrected chi connectivity index (χ3v) is 8.86. The Labute approximate surface area is 210 Å². The maximum absolute atomic E-state index is 13.4. The van der Waals surface area contributed by atoms with Crippen molar-refractivity contribution in [3.8, 4) is 0 Å². The quantitative estimate of drug-likeness (QED) is 0.612. The first-order chi connectivity index (χ1) is 16.7. The van der Waals surface area contributed by atoms with Crippen LogP contribution in [0.2, 0.25) is 0 Å². The molecule has 2 aromatic rings. The molecule has 0 aromatic heterocycles. The van der Waals surface area contributed by atoms with E-state index in [1.807, 2.05) is 12.1 Å². The number of hydrogen-bond donors (Lipinski definition) is 1. The van der Waals surface area contributed by atoms with Crippen LogP contribution in [-0.4, -0.2) is 63.8 Å². The zero-order valence-electron chi connectivity index (χ0n) is 21.2. The van der Waals surface area contributed by atoms with Gasteiger partial charge >= 0.3 is 0 Å². The summed E-state index contributed by atoms with van der Waals surface area (Å²) >= 11 is 0. The molecule has 2 aromatic carbocycles. The van der Waals surface area contributed by atoms with E-state index in [1.54, 1.807) is 12.1 Å². The van der Waals surface area contributed by atoms with Crippen LogP contribution in [0.15, 0.2) is 47.4 Å². The highest BCUT2D eigenvalue weighted by molar-refractivity contribution is 7.89. The minimum atomic E-state index is -3.65. The number of amides is 1. The number of carbonyl (C=O) groups is 1. The van der Waals surface area contributed by atoms with Gasteiger partial charge in [-0.2, -0.15) is 0 Å². The highest BCUT2D eigenvalue weighted by atomic mass is 32.2. The second-order valence-corrected chi connectivity index (χ2v) is 12.3. The highest BCUT2D eigenvalue weighted by Gasteiger charge is 2.24. The molecule has 8 heteroatoms. The molecular formula is C27H38N4O3S. The van der Waals surface area contributed by atoms with Crippen molar-refractivity contribution in [1.29, 1.82) is 0 Å². The molecule has 1 amide bonds. The molecule has 1 N–H and O–H groups in total. The Kier molecular flexibility index (Phi) is 8.14. The van der Waals surface area contributed by atoms with Gasteiger partial charge in [-0.15, -0.1) is 0 Å². The molecule has 0 spiro atoms. The fourth-order valence-corrected chi connectivity index (χ4v) is 5.99. The Morgan fingerprint density at radius 1 is 1.00 bits per heavy atom. The van der Waals surface area contributed by atoms with E-state index in [1.165, 1.54) is 49.3 Å². The number of piperidine rings is 2. The molecule has 1 unspecified atom stereocenters. The van der Waals surface area contributed by atoms with Gasteiger partial charge in [0.2, 0.25) is 10.0 Å². The summed E-state index contributed by atoms with van der Waals surface area (Å²) in [6, 6.07) is 12.9. The van der Waals surface area contributed by atoms with Crippen molar-refractivity contribution in [2.24, 2.45) is 5.92 Å². The molecule has 35 heavy (non-hydrogen) atoms. The van der Waals surface area contributed by atoms with Crippen LogP contribution in [0, 0.1) is 5.92 Å². The van der Waals surface area contributed by atoms with Crippen molar-refractivity contribution in [1.82, 2.24) is 9.21 Å². The van der Waals surface area contributed by atoms with Crippen molar-refractivity contribution in [2.45, 2.75) is 50.5 Å². The van der Waals surface area contributed by atoms with Crippen LogP contribution >= 0.6 is 0 Å². The Balaban J connectivity index is 1.54. The second kappa shape index (κ2) is 11.1. The first kappa shape index (κ1) is 25.7. The lowest BCUT2D eigenvalue weighted by atomic mass is 10.00. The maximum atomic E-state index is 13.4. The lowest BCUT2D eigenvalue weighted by Crippen LogP contribution is -2.33. The van der Waals surface area contributed by atoms with Gasteiger partial charge < -0.3 is 10.2 Å². The standard InChI is InChI=1S/C27H38N4O3S/c1-21-8-7-15-30(19-21)20-22-9-11-23(12-10-22)28-27(32)25-18-24(35(33,34)29(2)3)13-14-26(25)31-16-5-4-6-17-31/h9-14,18,21H,4-8,15-17,19-20H2,1-3H3,(H,28,32). The average Bonchev–Trinajstić information content (AvgIpc) is 2.85. The molecule has 190 valence electrons. The van der Waals surface area contributed by atoms with Crippen molar-refractivity contribution in [3.05, 3.63) is 53.6 Å². The minimum absolute atomic E-state index is 0.125. The fourth-order valence-electron chi connectivity index (χ4n) is 5.06. The lowest BCUT2D eigenvalue weighted by molar-refractivity contribution is 0.102. The largest absolute Gasteiger partial charge is 0.371 e. The molecule has 2 aliphatic rings. The Bertz CT molecular complexity index is 1130. The van der Waals surface area contributed by atoms with Gasteiger partial charge in [0.1, 0.15) is 0 Å². The molecule has 0 bridgehead atoms. The molecular weight excluding hydrogens is 460 g/mol. The summed E-state index contributed by atoms with van der Waals surface area (Å²) in [7, 11) is -0.647. The van der Waals surface area contributed by atoms with Crippen LogP contribution in [0.4, 0.5) is 11.4 Å². The van der Waals surface area contributed by atoms with E-state index in [4.69, 9.17) is 0 Å². The third-order valence-electron chi connectivity index (χ3n) is 7.05. The van der Waals surface area contributed by atoms with E-state index in [0.29, 0.717) is 11.3 Å². The van der Waals surface area contributed by atoms with Gasteiger partial charge in [-0.3, -0.25) is 9.69 Å². The van der Waals surface area contributed by atoms with Gasteiger partial charge in [0.15, 0.2) is 0 Å². The van der Waals surface area contributed by atoms with Crippen LogP contribution in [0.3, 0.4) is 0 Å². The second-order valence-electron chi connectivity index (χ2n) is 10.1. The van der Waals surface area contributed by atoms with E-state index in [-0.39, 0.29) is 10.8 Å². The van der Waals surface area contributed by atoms with Gasteiger partial charge in [0.25, 0.3) is 5.91 Å². The van der Waals surface area contributed by atoms with E-state index < -0.39 is 10.0 Å². The van der Waals surface area contributed by atoms with Crippen LogP contribution in [0.5, 0.6) is 0 Å². The van der Waals surface area contributed by atoms with E-state index in [0.717, 1.165) is 57.2 Å². The van der Waals surface area contributed by atoms with Crippen molar-refractivity contribution >= 4 is 27.3 Å². The summed E-state index contributed by atoms with van der Waals surface area (Å²) in [5.74, 6) is 0.447. The number of rotatable bonds is 7. The number of carbonyl (C=O) groups excluding carboxylic acids is 1. The fraction of sp³-hybridized carbons (Fsp3) is 0.519. The molecule has 0 aliphatic carbocycles. The summed E-state index contributed by atoms with van der Waals surface area (Å²) in [5, 5.41) is 3.00. The number of nitrogens with one attached hydrogen (secondary N) is 1. The van der Waals surface area contributed by atoms with E-state index in [2.05, 4.69) is 34.2 Å². The monoisotopic (exact) mass is 498 g/mol. The van der Waals surface area contributed by atoms with Gasteiger partial charge in [0.05, 0.1) is 10.5 Å². The predicted octanol–water partition coefficient (Wildman–Crippen LogP) is 4.41. The van der Waals surface area contributed by atoms with Crippen molar-refractivity contribution in [3.63, 3.8) is 0 Å². The first-order valence-corrected chi connectivity index (χ1v) is 14.1. The number of anilines is 2. The number of nitrogens with zero attached hydrogens (tertiary/aromatic N) is 3. The Hall–Kier alpha value is -2.42. The zero-order chi connectivity index (χ0) is 25.0. The number of likely N-dealkylation sites (tertiary alicyclic amines) is 1. The molecule has 2 aliphatic heterocycles. The van der Waals surface area contributed by atoms with Gasteiger partial charge in [0, 0.05) is 51.6 Å². The molecule has 0 saturated carbocycles. The first-order valence-electron chi connectivity index (χ1n) is 12.7. The topological polar surface area (TPSA) is 73.0 Å². The summed E-state index contributed by atoms with van der Waals surface area (Å²) in [4.78, 5) is 18.2. The Morgan fingerprint density at radius 2 is 1.71 bits per heavy atom. The minimum Gasteiger partial charge on any atom is -0.371 e. The van der Waals surface area contributed by atoms with Gasteiger partial charge in [-0.25, -0.2) is 12.7 Å². The summed E-state index contributed by atoms with van der Waals surface area (Å²) in [6.07, 6.45) is 5.86. The Morgan fingerprint density at radius 3 is 2.37 bits per heavy atom. The molecule has 1 atom stereocenters. The van der Waals surface area contributed by atoms with Crippen molar-refractivity contribution < 1.29 is 13.2 Å². The number of hydrogen-bond acceptors (Lipinski definition) is 5. The molecule has 2 fully saturated rings. The van der Waals surface area contributed by atoms with E-state index in [9.17, 15) is 13.2 Å². The molecule has 2 saturated heterocycles. The summed E-state index contributed by atoms with van der Waals surface area (Å²) in [5.41, 5.74) is 3.11. The zero-order valence-corrected chi connectivity index (χ0v) is 22.0.